The van der Waals surface area contributed by atoms with Crippen LogP contribution in [0.3, 0.4) is 0 Å². The van der Waals surface area contributed by atoms with Crippen molar-refractivity contribution < 1.29 is 14.6 Å². The molecule has 74 valence electrons. The summed E-state index contributed by atoms with van der Waals surface area (Å²) in [6.07, 6.45) is 6.01. The van der Waals surface area contributed by atoms with Crippen molar-refractivity contribution in [3.8, 4) is 0 Å². The molecule has 1 aliphatic carbocycles. The summed E-state index contributed by atoms with van der Waals surface area (Å²) >= 11 is 0. The summed E-state index contributed by atoms with van der Waals surface area (Å²) in [5.74, 6) is -0.609. The number of carbonyl (C=O) groups is 1. The van der Waals surface area contributed by atoms with Gasteiger partial charge in [-0.1, -0.05) is 19.3 Å². The number of epoxide rings is 1. The molecule has 1 unspecified atom stereocenters. The van der Waals surface area contributed by atoms with E-state index >= 15 is 0 Å². The van der Waals surface area contributed by atoms with E-state index in [1.54, 1.807) is 0 Å². The van der Waals surface area contributed by atoms with Gasteiger partial charge in [0.15, 0.2) is 0 Å². The highest BCUT2D eigenvalue weighted by molar-refractivity contribution is 5.74. The Morgan fingerprint density at radius 2 is 2.00 bits per heavy atom. The molecule has 0 radical (unpaired) electrons. The fraction of sp³-hybridized carbons (Fsp3) is 0.900. The molecular formula is C10H16O3. The first-order valence-electron chi connectivity index (χ1n) is 5.08. The molecule has 3 heteroatoms. The van der Waals surface area contributed by atoms with Gasteiger partial charge in [0.2, 0.25) is 0 Å². The van der Waals surface area contributed by atoms with Crippen LogP contribution in [0, 0.1) is 5.41 Å². The van der Waals surface area contributed by atoms with Crippen molar-refractivity contribution in [1.29, 1.82) is 0 Å². The van der Waals surface area contributed by atoms with Crippen LogP contribution in [-0.4, -0.2) is 23.8 Å². The van der Waals surface area contributed by atoms with Crippen LogP contribution in [0.5, 0.6) is 0 Å². The van der Waals surface area contributed by atoms with Gasteiger partial charge < -0.3 is 9.84 Å². The van der Waals surface area contributed by atoms with Crippen LogP contribution in [0.15, 0.2) is 0 Å². The van der Waals surface area contributed by atoms with Gasteiger partial charge in [0.1, 0.15) is 0 Å². The highest BCUT2D eigenvalue weighted by Gasteiger charge is 2.44. The second-order valence-electron chi connectivity index (χ2n) is 4.31. The highest BCUT2D eigenvalue weighted by atomic mass is 16.6. The summed E-state index contributed by atoms with van der Waals surface area (Å²) in [5, 5.41) is 9.21. The van der Waals surface area contributed by atoms with Gasteiger partial charge in [-0.2, -0.15) is 0 Å². The van der Waals surface area contributed by atoms with E-state index in [1.807, 2.05) is 0 Å². The molecule has 1 aliphatic heterocycles. The molecule has 1 saturated carbocycles. The Bertz CT molecular complexity index is 202. The minimum absolute atomic E-state index is 0.245. The second kappa shape index (κ2) is 3.29. The van der Waals surface area contributed by atoms with E-state index in [0.29, 0.717) is 0 Å². The highest BCUT2D eigenvalue weighted by Crippen LogP contribution is 2.42. The van der Waals surface area contributed by atoms with Gasteiger partial charge in [-0.15, -0.1) is 0 Å². The van der Waals surface area contributed by atoms with Gasteiger partial charge in [-0.3, -0.25) is 4.79 Å². The first-order chi connectivity index (χ1) is 6.23. The third kappa shape index (κ3) is 1.85. The van der Waals surface area contributed by atoms with E-state index in [4.69, 9.17) is 4.74 Å². The van der Waals surface area contributed by atoms with Crippen molar-refractivity contribution in [2.75, 3.05) is 6.61 Å². The minimum Gasteiger partial charge on any atom is -0.481 e. The zero-order valence-corrected chi connectivity index (χ0v) is 7.79. The lowest BCUT2D eigenvalue weighted by Gasteiger charge is -2.32. The molecule has 13 heavy (non-hydrogen) atoms. The van der Waals surface area contributed by atoms with Gasteiger partial charge in [0, 0.05) is 0 Å². The lowest BCUT2D eigenvalue weighted by molar-refractivity contribution is -0.151. The van der Waals surface area contributed by atoms with E-state index in [1.165, 1.54) is 6.42 Å². The van der Waals surface area contributed by atoms with E-state index < -0.39 is 11.4 Å². The van der Waals surface area contributed by atoms with Crippen LogP contribution in [0.4, 0.5) is 0 Å². The molecule has 0 aromatic carbocycles. The Labute approximate surface area is 78.1 Å². The van der Waals surface area contributed by atoms with Crippen molar-refractivity contribution in [3.63, 3.8) is 0 Å². The molecule has 0 aromatic rings. The van der Waals surface area contributed by atoms with Crippen molar-refractivity contribution >= 4 is 5.97 Å². The van der Waals surface area contributed by atoms with Crippen LogP contribution in [0.25, 0.3) is 0 Å². The number of carboxylic acid groups (broad SMARTS) is 1. The van der Waals surface area contributed by atoms with Crippen molar-refractivity contribution in [2.45, 2.75) is 44.6 Å². The Hall–Kier alpha value is -0.570. The molecule has 2 aliphatic rings. The third-order valence-corrected chi connectivity index (χ3v) is 3.29. The van der Waals surface area contributed by atoms with Gasteiger partial charge in [-0.25, -0.2) is 0 Å². The first kappa shape index (κ1) is 9.00. The van der Waals surface area contributed by atoms with Crippen LogP contribution < -0.4 is 0 Å². The van der Waals surface area contributed by atoms with Gasteiger partial charge >= 0.3 is 5.97 Å². The third-order valence-electron chi connectivity index (χ3n) is 3.29. The van der Waals surface area contributed by atoms with Crippen LogP contribution in [0.2, 0.25) is 0 Å². The lowest BCUT2D eigenvalue weighted by Crippen LogP contribution is -2.34. The second-order valence-corrected chi connectivity index (χ2v) is 4.31. The summed E-state index contributed by atoms with van der Waals surface area (Å²) in [6, 6.07) is 0. The SMILES string of the molecule is O=C(O)C1(CC2CO2)CCCCC1. The average molecular weight is 184 g/mol. The van der Waals surface area contributed by atoms with Crippen LogP contribution in [-0.2, 0) is 9.53 Å². The number of aliphatic carboxylic acids is 1. The van der Waals surface area contributed by atoms with E-state index in [0.717, 1.165) is 38.7 Å². The molecule has 3 nitrogen and oxygen atoms in total. The van der Waals surface area contributed by atoms with Crippen LogP contribution >= 0.6 is 0 Å². The Kier molecular flexibility index (Phi) is 2.28. The molecule has 2 fully saturated rings. The van der Waals surface area contributed by atoms with Gasteiger partial charge in [0.05, 0.1) is 18.1 Å². The quantitative estimate of drug-likeness (QED) is 0.680. The van der Waals surface area contributed by atoms with Crippen molar-refractivity contribution in [2.24, 2.45) is 5.41 Å². The number of carboxylic acids is 1. The standard InChI is InChI=1S/C10H16O3/c11-9(12)10(6-8-7-13-8)4-2-1-3-5-10/h8H,1-7H2,(H,11,12). The zero-order chi connectivity index (χ0) is 9.31. The Balaban J connectivity index is 2.02. The average Bonchev–Trinajstić information content (AvgIpc) is 2.90. The van der Waals surface area contributed by atoms with Crippen molar-refractivity contribution in [1.82, 2.24) is 0 Å². The van der Waals surface area contributed by atoms with Crippen LogP contribution in [0.1, 0.15) is 38.5 Å². The maximum atomic E-state index is 11.2. The lowest BCUT2D eigenvalue weighted by atomic mass is 9.71. The molecule has 0 amide bonds. The Morgan fingerprint density at radius 3 is 2.46 bits per heavy atom. The largest absolute Gasteiger partial charge is 0.481 e. The van der Waals surface area contributed by atoms with E-state index in [2.05, 4.69) is 0 Å². The minimum atomic E-state index is -0.609. The normalized spacial score (nSPS) is 31.2. The van der Waals surface area contributed by atoms with Crippen molar-refractivity contribution in [3.05, 3.63) is 0 Å². The number of rotatable bonds is 3. The summed E-state index contributed by atoms with van der Waals surface area (Å²) in [5.41, 5.74) is -0.445. The fourth-order valence-electron chi connectivity index (χ4n) is 2.36. The molecule has 0 aromatic heterocycles. The topological polar surface area (TPSA) is 49.8 Å². The molecular weight excluding hydrogens is 168 g/mol. The van der Waals surface area contributed by atoms with E-state index in [9.17, 15) is 9.90 Å². The maximum Gasteiger partial charge on any atom is 0.309 e. The summed E-state index contributed by atoms with van der Waals surface area (Å²) in [4.78, 5) is 11.2. The summed E-state index contributed by atoms with van der Waals surface area (Å²) in [6.45, 7) is 0.773. The predicted molar refractivity (Wildman–Crippen MR) is 47.5 cm³/mol. The molecule has 2 rings (SSSR count). The number of ether oxygens (including phenoxy) is 1. The smallest absolute Gasteiger partial charge is 0.309 e. The number of hydrogen-bond donors (Lipinski definition) is 1. The molecule has 1 N–H and O–H groups in total. The summed E-state index contributed by atoms with van der Waals surface area (Å²) < 4.78 is 5.12. The molecule has 0 bridgehead atoms. The first-order valence-corrected chi connectivity index (χ1v) is 5.08. The monoisotopic (exact) mass is 184 g/mol. The van der Waals surface area contributed by atoms with E-state index in [-0.39, 0.29) is 6.10 Å². The number of hydrogen-bond acceptors (Lipinski definition) is 2. The molecule has 1 atom stereocenters. The van der Waals surface area contributed by atoms with Gasteiger partial charge in [0.25, 0.3) is 0 Å². The fourth-order valence-corrected chi connectivity index (χ4v) is 2.36. The summed E-state index contributed by atoms with van der Waals surface area (Å²) in [7, 11) is 0. The molecule has 1 heterocycles. The molecule has 0 spiro atoms. The zero-order valence-electron chi connectivity index (χ0n) is 7.79. The predicted octanol–water partition coefficient (Wildman–Crippen LogP) is 1.81. The molecule has 1 saturated heterocycles. The Morgan fingerprint density at radius 1 is 1.38 bits per heavy atom. The maximum absolute atomic E-state index is 11.2. The van der Waals surface area contributed by atoms with Gasteiger partial charge in [-0.05, 0) is 19.3 Å².